The number of carbonyl (C=O) groups is 2. The second-order valence-electron chi connectivity index (χ2n) is 10.5. The SMILES string of the molecule is O=C1[C@@H]2[C@@H](CC(CO)=C3[C@@H](CC/C(=C/c4ccccc4O)c4ccccc4)OC[C@@H]32)C(=O)N1c1ccccc1. The number of allylic oxidation sites excluding steroid dienone is 1. The number of phenolic OH excluding ortho intramolecular Hbond substituents is 1. The van der Waals surface area contributed by atoms with Gasteiger partial charge < -0.3 is 14.9 Å². The number of imide groups is 1. The van der Waals surface area contributed by atoms with Crippen LogP contribution in [0.5, 0.6) is 5.75 Å². The number of hydrogen-bond acceptors (Lipinski definition) is 5. The maximum Gasteiger partial charge on any atom is 0.238 e. The Balaban J connectivity index is 1.27. The van der Waals surface area contributed by atoms with Gasteiger partial charge in [-0.2, -0.15) is 0 Å². The van der Waals surface area contributed by atoms with Gasteiger partial charge in [-0.25, -0.2) is 0 Å². The second-order valence-corrected chi connectivity index (χ2v) is 10.5. The normalized spacial score (nSPS) is 24.7. The van der Waals surface area contributed by atoms with Crippen molar-refractivity contribution in [3.05, 3.63) is 107 Å². The highest BCUT2D eigenvalue weighted by Gasteiger charge is 2.57. The van der Waals surface area contributed by atoms with E-state index in [1.807, 2.05) is 54.6 Å². The summed E-state index contributed by atoms with van der Waals surface area (Å²) in [6, 6.07) is 26.4. The summed E-state index contributed by atoms with van der Waals surface area (Å²) < 4.78 is 6.30. The Morgan fingerprint density at radius 3 is 2.31 bits per heavy atom. The molecule has 0 unspecified atom stereocenters. The zero-order chi connectivity index (χ0) is 26.9. The van der Waals surface area contributed by atoms with E-state index in [1.54, 1.807) is 24.3 Å². The summed E-state index contributed by atoms with van der Waals surface area (Å²) in [5.41, 5.74) is 5.27. The maximum atomic E-state index is 13.6. The number of anilines is 1. The van der Waals surface area contributed by atoms with Crippen LogP contribution in [0.1, 0.15) is 30.4 Å². The van der Waals surface area contributed by atoms with E-state index in [4.69, 9.17) is 4.74 Å². The molecule has 2 fully saturated rings. The Morgan fingerprint density at radius 1 is 0.897 bits per heavy atom. The molecule has 6 nitrogen and oxygen atoms in total. The molecule has 2 aliphatic heterocycles. The predicted molar refractivity (Wildman–Crippen MR) is 150 cm³/mol. The number of ether oxygens (including phenoxy) is 1. The molecule has 6 rings (SSSR count). The molecular formula is C33H31NO5. The first-order valence-electron chi connectivity index (χ1n) is 13.5. The number of aliphatic hydroxyl groups excluding tert-OH is 1. The number of para-hydroxylation sites is 2. The molecule has 39 heavy (non-hydrogen) atoms. The third kappa shape index (κ3) is 4.60. The Morgan fingerprint density at radius 2 is 1.59 bits per heavy atom. The van der Waals surface area contributed by atoms with Crippen LogP contribution in [0.2, 0.25) is 0 Å². The van der Waals surface area contributed by atoms with E-state index >= 15 is 0 Å². The molecule has 0 spiro atoms. The first-order chi connectivity index (χ1) is 19.1. The smallest absolute Gasteiger partial charge is 0.238 e. The molecule has 0 bridgehead atoms. The number of hydrogen-bond donors (Lipinski definition) is 2. The Kier molecular flexibility index (Phi) is 6.90. The van der Waals surface area contributed by atoms with Crippen molar-refractivity contribution in [3.8, 4) is 5.75 Å². The lowest BCUT2D eigenvalue weighted by molar-refractivity contribution is -0.122. The lowest BCUT2D eigenvalue weighted by Gasteiger charge is -2.31. The molecule has 2 saturated heterocycles. The minimum Gasteiger partial charge on any atom is -0.507 e. The summed E-state index contributed by atoms with van der Waals surface area (Å²) >= 11 is 0. The summed E-state index contributed by atoms with van der Waals surface area (Å²) in [4.78, 5) is 28.3. The van der Waals surface area contributed by atoms with Crippen molar-refractivity contribution in [2.24, 2.45) is 17.8 Å². The van der Waals surface area contributed by atoms with Gasteiger partial charge in [-0.1, -0.05) is 66.7 Å². The molecule has 0 saturated carbocycles. The first kappa shape index (κ1) is 25.3. The fourth-order valence-corrected chi connectivity index (χ4v) is 6.49. The number of nitrogens with zero attached hydrogens (tertiary/aromatic N) is 1. The summed E-state index contributed by atoms with van der Waals surface area (Å²) in [5, 5.41) is 20.7. The van der Waals surface area contributed by atoms with Gasteiger partial charge in [0.2, 0.25) is 11.8 Å². The quantitative estimate of drug-likeness (QED) is 0.253. The van der Waals surface area contributed by atoms with Crippen molar-refractivity contribution in [1.29, 1.82) is 0 Å². The number of rotatable bonds is 7. The summed E-state index contributed by atoms with van der Waals surface area (Å²) in [6.45, 7) is 0.206. The van der Waals surface area contributed by atoms with E-state index in [0.29, 0.717) is 31.6 Å². The van der Waals surface area contributed by atoms with E-state index in [0.717, 1.165) is 27.8 Å². The third-order valence-electron chi connectivity index (χ3n) is 8.30. The molecule has 2 heterocycles. The van der Waals surface area contributed by atoms with Gasteiger partial charge in [0, 0.05) is 11.5 Å². The highest BCUT2D eigenvalue weighted by atomic mass is 16.5. The van der Waals surface area contributed by atoms with Gasteiger partial charge in [-0.3, -0.25) is 14.5 Å². The van der Waals surface area contributed by atoms with Crippen molar-refractivity contribution >= 4 is 29.2 Å². The molecule has 3 aromatic rings. The van der Waals surface area contributed by atoms with Gasteiger partial charge in [0.15, 0.2) is 0 Å². The van der Waals surface area contributed by atoms with Crippen LogP contribution >= 0.6 is 0 Å². The number of phenols is 1. The number of benzene rings is 3. The average molecular weight is 522 g/mol. The Hall–Kier alpha value is -4.00. The van der Waals surface area contributed by atoms with Gasteiger partial charge in [-0.05, 0) is 65.8 Å². The van der Waals surface area contributed by atoms with Gasteiger partial charge >= 0.3 is 0 Å². The zero-order valence-corrected chi connectivity index (χ0v) is 21.6. The molecule has 3 aromatic carbocycles. The minimum absolute atomic E-state index is 0.152. The van der Waals surface area contributed by atoms with E-state index in [1.165, 1.54) is 4.90 Å². The topological polar surface area (TPSA) is 87.1 Å². The van der Waals surface area contributed by atoms with E-state index < -0.39 is 11.8 Å². The van der Waals surface area contributed by atoms with Gasteiger partial charge in [0.1, 0.15) is 5.75 Å². The molecule has 0 radical (unpaired) electrons. The van der Waals surface area contributed by atoms with Crippen LogP contribution in [0.3, 0.4) is 0 Å². The highest BCUT2D eigenvalue weighted by Crippen LogP contribution is 2.50. The minimum atomic E-state index is -0.475. The van der Waals surface area contributed by atoms with Crippen LogP contribution < -0.4 is 4.90 Å². The molecule has 6 heteroatoms. The number of aliphatic hydroxyl groups is 1. The molecule has 2 N–H and O–H groups in total. The number of carbonyl (C=O) groups excluding carboxylic acids is 2. The Bertz CT molecular complexity index is 1450. The van der Waals surface area contributed by atoms with Crippen molar-refractivity contribution in [3.63, 3.8) is 0 Å². The van der Waals surface area contributed by atoms with Crippen LogP contribution in [-0.2, 0) is 14.3 Å². The van der Waals surface area contributed by atoms with Crippen LogP contribution in [-0.4, -0.2) is 41.3 Å². The largest absolute Gasteiger partial charge is 0.507 e. The molecular weight excluding hydrogens is 490 g/mol. The molecule has 1 aliphatic carbocycles. The fraction of sp³-hybridized carbons (Fsp3) is 0.273. The number of fused-ring (bicyclic) bond motifs is 3. The zero-order valence-electron chi connectivity index (χ0n) is 21.6. The fourth-order valence-electron chi connectivity index (χ4n) is 6.49. The van der Waals surface area contributed by atoms with Crippen molar-refractivity contribution in [1.82, 2.24) is 0 Å². The molecule has 198 valence electrons. The lowest BCUT2D eigenvalue weighted by atomic mass is 9.69. The van der Waals surface area contributed by atoms with Gasteiger partial charge in [-0.15, -0.1) is 0 Å². The van der Waals surface area contributed by atoms with Crippen LogP contribution in [0.15, 0.2) is 96.1 Å². The average Bonchev–Trinajstić information content (AvgIpc) is 3.50. The first-order valence-corrected chi connectivity index (χ1v) is 13.5. The molecule has 0 aromatic heterocycles. The number of aromatic hydroxyl groups is 1. The van der Waals surface area contributed by atoms with Gasteiger partial charge in [0.25, 0.3) is 0 Å². The van der Waals surface area contributed by atoms with Crippen LogP contribution in [0.4, 0.5) is 5.69 Å². The maximum absolute atomic E-state index is 13.6. The van der Waals surface area contributed by atoms with Crippen molar-refractivity contribution in [2.75, 3.05) is 18.1 Å². The highest BCUT2D eigenvalue weighted by molar-refractivity contribution is 6.22. The second kappa shape index (κ2) is 10.6. The van der Waals surface area contributed by atoms with Gasteiger partial charge in [0.05, 0.1) is 36.8 Å². The standard InChI is InChI=1S/C33H31NO5/c35-19-24-18-26-31(33(38)34(32(26)37)25-12-5-2-6-13-25)27-20-39-29(30(24)27)16-15-22(21-9-3-1-4-10-21)17-23-11-7-8-14-28(23)36/h1-14,17,26-27,29,31,35-36H,15-16,18-20H2/b22-17-/t26-,27+,29-,31-/m1/s1. The molecule has 4 atom stereocenters. The summed E-state index contributed by atoms with van der Waals surface area (Å²) in [6.07, 6.45) is 3.47. The van der Waals surface area contributed by atoms with E-state index in [2.05, 4.69) is 12.1 Å². The summed E-state index contributed by atoms with van der Waals surface area (Å²) in [5.74, 6) is -1.32. The number of amides is 2. The predicted octanol–water partition coefficient (Wildman–Crippen LogP) is 5.23. The Labute approximate surface area is 227 Å². The lowest BCUT2D eigenvalue weighted by Crippen LogP contribution is -2.35. The van der Waals surface area contributed by atoms with E-state index in [-0.39, 0.29) is 36.2 Å². The van der Waals surface area contributed by atoms with E-state index in [9.17, 15) is 19.8 Å². The third-order valence-corrected chi connectivity index (χ3v) is 8.30. The van der Waals surface area contributed by atoms with Crippen molar-refractivity contribution in [2.45, 2.75) is 25.4 Å². The molecule has 3 aliphatic rings. The van der Waals surface area contributed by atoms with Crippen LogP contribution in [0.25, 0.3) is 11.6 Å². The summed E-state index contributed by atoms with van der Waals surface area (Å²) in [7, 11) is 0. The molecule has 2 amide bonds. The van der Waals surface area contributed by atoms with Crippen LogP contribution in [0, 0.1) is 17.8 Å². The monoisotopic (exact) mass is 521 g/mol. The van der Waals surface area contributed by atoms with Crippen molar-refractivity contribution < 1.29 is 24.5 Å².